The molecule has 6 heteroatoms. The predicted octanol–water partition coefficient (Wildman–Crippen LogP) is 1.15. The first-order chi connectivity index (χ1) is 6.89. The van der Waals surface area contributed by atoms with E-state index in [1.165, 1.54) is 0 Å². The Labute approximate surface area is 102 Å². The summed E-state index contributed by atoms with van der Waals surface area (Å²) in [5.74, 6) is 0.152. The highest BCUT2D eigenvalue weighted by atomic mass is 127. The first-order valence-corrected chi connectivity index (χ1v) is 5.51. The number of hydrogen-bond acceptors (Lipinski definition) is 4. The zero-order valence-electron chi connectivity index (χ0n) is 8.62. The van der Waals surface area contributed by atoms with Gasteiger partial charge in [-0.25, -0.2) is 9.97 Å². The molecule has 1 rings (SSSR count). The maximum atomic E-state index is 10.8. The summed E-state index contributed by atoms with van der Waals surface area (Å²) < 4.78 is 0.964. The number of carbonyl (C=O) groups excluding carboxylic acids is 1. The number of aromatic nitrogens is 2. The minimum Gasteiger partial charge on any atom is -0.370 e. The third-order valence-electron chi connectivity index (χ3n) is 1.69. The lowest BCUT2D eigenvalue weighted by Gasteiger charge is -2.24. The van der Waals surface area contributed by atoms with Crippen molar-refractivity contribution in [3.8, 4) is 0 Å². The van der Waals surface area contributed by atoms with Gasteiger partial charge in [0.2, 0.25) is 11.9 Å². The van der Waals surface area contributed by atoms with E-state index in [0.29, 0.717) is 5.95 Å². The zero-order chi connectivity index (χ0) is 11.5. The smallest absolute Gasteiger partial charge is 0.223 e. The van der Waals surface area contributed by atoms with Crippen LogP contribution in [-0.2, 0) is 4.79 Å². The first-order valence-electron chi connectivity index (χ1n) is 4.43. The van der Waals surface area contributed by atoms with Gasteiger partial charge in [-0.15, -0.1) is 0 Å². The number of hydrogen-bond donors (Lipinski definition) is 2. The third kappa shape index (κ3) is 4.41. The molecular formula is C9H13IN4O. The first kappa shape index (κ1) is 12.2. The zero-order valence-corrected chi connectivity index (χ0v) is 10.8. The second-order valence-electron chi connectivity index (χ2n) is 3.88. The number of rotatable bonds is 4. The number of primary amides is 1. The van der Waals surface area contributed by atoms with Crippen LogP contribution in [-0.4, -0.2) is 21.4 Å². The number of carbonyl (C=O) groups is 1. The molecular weight excluding hydrogens is 307 g/mol. The minimum atomic E-state index is -0.432. The number of amides is 1. The fourth-order valence-electron chi connectivity index (χ4n) is 1.16. The van der Waals surface area contributed by atoms with Gasteiger partial charge in [0, 0.05) is 27.9 Å². The summed E-state index contributed by atoms with van der Waals surface area (Å²) in [4.78, 5) is 19.0. The van der Waals surface area contributed by atoms with Crippen LogP contribution in [0.5, 0.6) is 0 Å². The molecule has 0 saturated heterocycles. The van der Waals surface area contributed by atoms with Crippen molar-refractivity contribution in [1.82, 2.24) is 9.97 Å². The largest absolute Gasteiger partial charge is 0.370 e. The van der Waals surface area contributed by atoms with Crippen molar-refractivity contribution in [2.24, 2.45) is 5.73 Å². The van der Waals surface area contributed by atoms with Crippen molar-refractivity contribution in [3.63, 3.8) is 0 Å². The second kappa shape index (κ2) is 4.73. The van der Waals surface area contributed by atoms with Gasteiger partial charge in [0.1, 0.15) is 0 Å². The lowest BCUT2D eigenvalue weighted by atomic mass is 10.0. The summed E-state index contributed by atoms with van der Waals surface area (Å²) in [7, 11) is 0. The van der Waals surface area contributed by atoms with Crippen molar-refractivity contribution < 1.29 is 4.79 Å². The highest BCUT2D eigenvalue weighted by molar-refractivity contribution is 14.1. The maximum Gasteiger partial charge on any atom is 0.223 e. The van der Waals surface area contributed by atoms with Crippen LogP contribution in [0.25, 0.3) is 0 Å². The Morgan fingerprint density at radius 2 is 2.07 bits per heavy atom. The van der Waals surface area contributed by atoms with E-state index in [0.717, 1.165) is 3.57 Å². The van der Waals surface area contributed by atoms with Gasteiger partial charge in [0.25, 0.3) is 0 Å². The Hall–Kier alpha value is -0.920. The second-order valence-corrected chi connectivity index (χ2v) is 5.12. The lowest BCUT2D eigenvalue weighted by Crippen LogP contribution is -2.36. The molecule has 0 unspecified atom stereocenters. The number of nitrogens with one attached hydrogen (secondary N) is 1. The molecule has 82 valence electrons. The Balaban J connectivity index is 2.68. The maximum absolute atomic E-state index is 10.8. The molecule has 15 heavy (non-hydrogen) atoms. The van der Waals surface area contributed by atoms with E-state index in [1.54, 1.807) is 12.4 Å². The summed E-state index contributed by atoms with van der Waals surface area (Å²) >= 11 is 2.13. The van der Waals surface area contributed by atoms with E-state index in [9.17, 15) is 4.79 Å². The van der Waals surface area contributed by atoms with Crippen LogP contribution in [0.4, 0.5) is 5.95 Å². The summed E-state index contributed by atoms with van der Waals surface area (Å²) in [6.45, 7) is 3.75. The van der Waals surface area contributed by atoms with E-state index >= 15 is 0 Å². The average molecular weight is 320 g/mol. The molecule has 1 aromatic rings. The molecule has 0 spiro atoms. The van der Waals surface area contributed by atoms with Gasteiger partial charge in [-0.3, -0.25) is 4.79 Å². The molecule has 0 aromatic carbocycles. The molecule has 1 amide bonds. The van der Waals surface area contributed by atoms with E-state index in [4.69, 9.17) is 5.73 Å². The van der Waals surface area contributed by atoms with Gasteiger partial charge in [-0.05, 0) is 36.4 Å². The quantitative estimate of drug-likeness (QED) is 0.816. The molecule has 0 aliphatic rings. The summed E-state index contributed by atoms with van der Waals surface area (Å²) in [6.07, 6.45) is 3.65. The molecule has 0 aliphatic carbocycles. The average Bonchev–Trinajstić information content (AvgIpc) is 2.06. The van der Waals surface area contributed by atoms with Crippen LogP contribution in [0.15, 0.2) is 12.4 Å². The summed E-state index contributed by atoms with van der Waals surface area (Å²) in [5, 5.41) is 3.05. The van der Waals surface area contributed by atoms with Crippen LogP contribution in [0.1, 0.15) is 20.3 Å². The van der Waals surface area contributed by atoms with E-state index in [-0.39, 0.29) is 12.3 Å². The van der Waals surface area contributed by atoms with Crippen LogP contribution >= 0.6 is 22.6 Å². The highest BCUT2D eigenvalue weighted by Crippen LogP contribution is 2.14. The van der Waals surface area contributed by atoms with Crippen molar-refractivity contribution >= 4 is 34.4 Å². The number of anilines is 1. The Morgan fingerprint density at radius 3 is 2.53 bits per heavy atom. The van der Waals surface area contributed by atoms with Gasteiger partial charge >= 0.3 is 0 Å². The van der Waals surface area contributed by atoms with E-state index in [2.05, 4.69) is 37.9 Å². The fraction of sp³-hybridized carbons (Fsp3) is 0.444. The van der Waals surface area contributed by atoms with Gasteiger partial charge < -0.3 is 11.1 Å². The molecule has 0 fully saturated rings. The van der Waals surface area contributed by atoms with Crippen molar-refractivity contribution in [3.05, 3.63) is 16.0 Å². The van der Waals surface area contributed by atoms with E-state index in [1.807, 2.05) is 13.8 Å². The Bertz CT molecular complexity index is 350. The summed E-state index contributed by atoms with van der Waals surface area (Å²) in [6, 6.07) is 0. The predicted molar refractivity (Wildman–Crippen MR) is 66.3 cm³/mol. The molecule has 0 aliphatic heterocycles. The van der Waals surface area contributed by atoms with Crippen molar-refractivity contribution in [2.75, 3.05) is 5.32 Å². The minimum absolute atomic E-state index is 0.238. The van der Waals surface area contributed by atoms with Crippen LogP contribution < -0.4 is 11.1 Å². The monoisotopic (exact) mass is 320 g/mol. The van der Waals surface area contributed by atoms with Gasteiger partial charge in [0.15, 0.2) is 0 Å². The highest BCUT2D eigenvalue weighted by Gasteiger charge is 2.21. The molecule has 5 nitrogen and oxygen atoms in total. The third-order valence-corrected chi connectivity index (χ3v) is 2.24. The van der Waals surface area contributed by atoms with Crippen LogP contribution in [0, 0.1) is 3.57 Å². The SMILES string of the molecule is CC(C)(CC(N)=O)Nc1ncc(I)cn1. The van der Waals surface area contributed by atoms with Gasteiger partial charge in [-0.1, -0.05) is 0 Å². The number of halogens is 1. The fourth-order valence-corrected chi connectivity index (χ4v) is 1.44. The standard InChI is InChI=1S/C9H13IN4O/c1-9(2,3-7(11)15)14-8-12-4-6(10)5-13-8/h4-5H,3H2,1-2H3,(H2,11,15)(H,12,13,14). The molecule has 3 N–H and O–H groups in total. The summed E-state index contributed by atoms with van der Waals surface area (Å²) in [5.41, 5.74) is 4.70. The van der Waals surface area contributed by atoms with Gasteiger partial charge in [-0.2, -0.15) is 0 Å². The Morgan fingerprint density at radius 1 is 1.53 bits per heavy atom. The molecule has 0 saturated carbocycles. The van der Waals surface area contributed by atoms with Crippen molar-refractivity contribution in [2.45, 2.75) is 25.8 Å². The molecule has 0 radical (unpaired) electrons. The molecule has 0 bridgehead atoms. The van der Waals surface area contributed by atoms with Crippen LogP contribution in [0.2, 0.25) is 0 Å². The van der Waals surface area contributed by atoms with Gasteiger partial charge in [0.05, 0.1) is 0 Å². The Kier molecular flexibility index (Phi) is 3.83. The molecule has 1 aromatic heterocycles. The number of nitrogens with two attached hydrogens (primary N) is 1. The normalized spacial score (nSPS) is 11.1. The van der Waals surface area contributed by atoms with Crippen molar-refractivity contribution in [1.29, 1.82) is 0 Å². The topological polar surface area (TPSA) is 80.9 Å². The van der Waals surface area contributed by atoms with E-state index < -0.39 is 5.54 Å². The lowest BCUT2D eigenvalue weighted by molar-refractivity contribution is -0.118. The number of nitrogens with zero attached hydrogens (tertiary/aromatic N) is 2. The van der Waals surface area contributed by atoms with Crippen LogP contribution in [0.3, 0.4) is 0 Å². The molecule has 1 heterocycles. The molecule has 0 atom stereocenters.